The standard InChI is InChI=1S/C27H30N4O/c1-17(2)20-8-11-22(12-9-20)29-27-23-13-10-21(26-19(5)7-6-14-28-26)15-24(23)30-25(31-27)16-32-18(3)4/h6-15,17-18H,16H2,1-5H3,(H,29,30,31). The molecule has 0 aliphatic carbocycles. The molecule has 0 bridgehead atoms. The minimum Gasteiger partial charge on any atom is -0.371 e. The van der Waals surface area contributed by atoms with E-state index in [1.54, 1.807) is 0 Å². The van der Waals surface area contributed by atoms with Crippen molar-refractivity contribution in [3.8, 4) is 11.3 Å². The number of nitrogens with zero attached hydrogens (tertiary/aromatic N) is 3. The van der Waals surface area contributed by atoms with Crippen LogP contribution in [0.4, 0.5) is 11.5 Å². The Hall–Kier alpha value is -3.31. The van der Waals surface area contributed by atoms with Gasteiger partial charge in [-0.15, -0.1) is 0 Å². The average molecular weight is 427 g/mol. The summed E-state index contributed by atoms with van der Waals surface area (Å²) in [6, 6.07) is 18.8. The number of benzene rings is 2. The molecule has 0 amide bonds. The second-order valence-electron chi connectivity index (χ2n) is 8.65. The first-order chi connectivity index (χ1) is 15.4. The molecule has 0 aliphatic rings. The van der Waals surface area contributed by atoms with Crippen molar-refractivity contribution in [3.05, 3.63) is 77.7 Å². The highest BCUT2D eigenvalue weighted by Crippen LogP contribution is 2.29. The van der Waals surface area contributed by atoms with E-state index in [9.17, 15) is 0 Å². The highest BCUT2D eigenvalue weighted by molar-refractivity contribution is 5.93. The van der Waals surface area contributed by atoms with E-state index in [1.807, 2.05) is 26.1 Å². The van der Waals surface area contributed by atoms with Gasteiger partial charge in [0.1, 0.15) is 12.4 Å². The molecule has 2 aromatic carbocycles. The fraction of sp³-hybridized carbons (Fsp3) is 0.296. The Bertz CT molecular complexity index is 1220. The van der Waals surface area contributed by atoms with Crippen LogP contribution in [0.15, 0.2) is 60.8 Å². The Balaban J connectivity index is 1.76. The highest BCUT2D eigenvalue weighted by atomic mass is 16.5. The Morgan fingerprint density at radius 3 is 2.41 bits per heavy atom. The number of aromatic nitrogens is 3. The van der Waals surface area contributed by atoms with Crippen LogP contribution in [0, 0.1) is 6.92 Å². The van der Waals surface area contributed by atoms with Crippen LogP contribution < -0.4 is 5.32 Å². The van der Waals surface area contributed by atoms with Crippen molar-refractivity contribution in [2.45, 2.75) is 53.2 Å². The number of ether oxygens (including phenoxy) is 1. The van der Waals surface area contributed by atoms with Gasteiger partial charge in [0.15, 0.2) is 5.82 Å². The smallest absolute Gasteiger partial charge is 0.157 e. The van der Waals surface area contributed by atoms with Crippen molar-refractivity contribution in [1.29, 1.82) is 0 Å². The second-order valence-corrected chi connectivity index (χ2v) is 8.65. The summed E-state index contributed by atoms with van der Waals surface area (Å²) in [5.74, 6) is 1.93. The monoisotopic (exact) mass is 426 g/mol. The van der Waals surface area contributed by atoms with Crippen LogP contribution >= 0.6 is 0 Å². The molecule has 2 aromatic heterocycles. The van der Waals surface area contributed by atoms with Crippen LogP contribution in [0.2, 0.25) is 0 Å². The maximum atomic E-state index is 5.79. The molecule has 0 saturated carbocycles. The van der Waals surface area contributed by atoms with Crippen LogP contribution in [-0.2, 0) is 11.3 Å². The topological polar surface area (TPSA) is 59.9 Å². The molecule has 0 radical (unpaired) electrons. The van der Waals surface area contributed by atoms with Gasteiger partial charge in [-0.1, -0.05) is 38.1 Å². The Morgan fingerprint density at radius 1 is 0.938 bits per heavy atom. The molecule has 164 valence electrons. The van der Waals surface area contributed by atoms with E-state index in [2.05, 4.69) is 79.6 Å². The van der Waals surface area contributed by atoms with Crippen LogP contribution in [0.5, 0.6) is 0 Å². The van der Waals surface area contributed by atoms with Gasteiger partial charge in [0, 0.05) is 22.8 Å². The molecule has 1 N–H and O–H groups in total. The van der Waals surface area contributed by atoms with Gasteiger partial charge in [-0.3, -0.25) is 4.98 Å². The van der Waals surface area contributed by atoms with Gasteiger partial charge < -0.3 is 10.1 Å². The lowest BCUT2D eigenvalue weighted by Gasteiger charge is -2.14. The van der Waals surface area contributed by atoms with Crippen molar-refractivity contribution in [2.75, 3.05) is 5.32 Å². The number of hydrogen-bond acceptors (Lipinski definition) is 5. The summed E-state index contributed by atoms with van der Waals surface area (Å²) in [7, 11) is 0. The number of anilines is 2. The van der Waals surface area contributed by atoms with Gasteiger partial charge >= 0.3 is 0 Å². The summed E-state index contributed by atoms with van der Waals surface area (Å²) in [6.07, 6.45) is 1.93. The first-order valence-electron chi connectivity index (χ1n) is 11.1. The first kappa shape index (κ1) is 21.9. The molecule has 2 heterocycles. The normalized spacial score (nSPS) is 11.5. The minimum absolute atomic E-state index is 0.108. The van der Waals surface area contributed by atoms with Gasteiger partial charge in [-0.05, 0) is 68.1 Å². The molecule has 0 spiro atoms. The summed E-state index contributed by atoms with van der Waals surface area (Å²) in [5.41, 5.74) is 6.31. The molecule has 5 nitrogen and oxygen atoms in total. The van der Waals surface area contributed by atoms with Crippen LogP contribution in [0.1, 0.15) is 50.6 Å². The van der Waals surface area contributed by atoms with Crippen LogP contribution in [0.25, 0.3) is 22.2 Å². The maximum Gasteiger partial charge on any atom is 0.157 e. The number of nitrogens with one attached hydrogen (secondary N) is 1. The fourth-order valence-corrected chi connectivity index (χ4v) is 3.60. The largest absolute Gasteiger partial charge is 0.371 e. The molecule has 4 rings (SSSR count). The Morgan fingerprint density at radius 2 is 1.72 bits per heavy atom. The Labute approximate surface area is 189 Å². The first-order valence-corrected chi connectivity index (χ1v) is 11.1. The predicted octanol–water partition coefficient (Wildman–Crippen LogP) is 6.79. The van der Waals surface area contributed by atoms with Crippen molar-refractivity contribution in [1.82, 2.24) is 15.0 Å². The number of hydrogen-bond donors (Lipinski definition) is 1. The minimum atomic E-state index is 0.108. The lowest BCUT2D eigenvalue weighted by atomic mass is 10.0. The van der Waals surface area contributed by atoms with E-state index in [4.69, 9.17) is 14.7 Å². The van der Waals surface area contributed by atoms with E-state index in [0.717, 1.165) is 39.2 Å². The van der Waals surface area contributed by atoms with Crippen molar-refractivity contribution in [3.63, 3.8) is 0 Å². The third-order valence-corrected chi connectivity index (χ3v) is 5.41. The summed E-state index contributed by atoms with van der Waals surface area (Å²) < 4.78 is 5.79. The zero-order valence-corrected chi connectivity index (χ0v) is 19.4. The van der Waals surface area contributed by atoms with Gasteiger partial charge in [-0.25, -0.2) is 9.97 Å². The third kappa shape index (κ3) is 4.94. The Kier molecular flexibility index (Phi) is 6.47. The van der Waals surface area contributed by atoms with Crippen LogP contribution in [0.3, 0.4) is 0 Å². The zero-order chi connectivity index (χ0) is 22.7. The van der Waals surface area contributed by atoms with E-state index in [-0.39, 0.29) is 6.10 Å². The molecule has 5 heteroatoms. The molecule has 32 heavy (non-hydrogen) atoms. The number of aryl methyl sites for hydroxylation is 1. The van der Waals surface area contributed by atoms with Gasteiger partial charge in [-0.2, -0.15) is 0 Å². The fourth-order valence-electron chi connectivity index (χ4n) is 3.60. The molecular formula is C27H30N4O. The van der Waals surface area contributed by atoms with Gasteiger partial charge in [0.25, 0.3) is 0 Å². The lowest BCUT2D eigenvalue weighted by Crippen LogP contribution is -2.07. The highest BCUT2D eigenvalue weighted by Gasteiger charge is 2.12. The quantitative estimate of drug-likeness (QED) is 0.352. The van der Waals surface area contributed by atoms with E-state index in [1.165, 1.54) is 5.56 Å². The van der Waals surface area contributed by atoms with Crippen LogP contribution in [-0.4, -0.2) is 21.1 Å². The van der Waals surface area contributed by atoms with Crippen molar-refractivity contribution >= 4 is 22.4 Å². The van der Waals surface area contributed by atoms with E-state index in [0.29, 0.717) is 18.3 Å². The summed E-state index contributed by atoms with van der Waals surface area (Å²) >= 11 is 0. The summed E-state index contributed by atoms with van der Waals surface area (Å²) in [4.78, 5) is 14.1. The number of rotatable bonds is 7. The molecule has 0 aliphatic heterocycles. The number of pyridine rings is 1. The molecule has 4 aromatic rings. The molecule has 0 fully saturated rings. The van der Waals surface area contributed by atoms with Crippen molar-refractivity contribution in [2.24, 2.45) is 0 Å². The average Bonchev–Trinajstić information content (AvgIpc) is 2.78. The molecule has 0 unspecified atom stereocenters. The van der Waals surface area contributed by atoms with E-state index >= 15 is 0 Å². The molecule has 0 atom stereocenters. The summed E-state index contributed by atoms with van der Waals surface area (Å²) in [5, 5.41) is 4.45. The van der Waals surface area contributed by atoms with E-state index < -0.39 is 0 Å². The zero-order valence-electron chi connectivity index (χ0n) is 19.4. The predicted molar refractivity (Wildman–Crippen MR) is 131 cm³/mol. The lowest BCUT2D eigenvalue weighted by molar-refractivity contribution is 0.0615. The second kappa shape index (κ2) is 9.45. The van der Waals surface area contributed by atoms with Crippen molar-refractivity contribution < 1.29 is 4.74 Å². The third-order valence-electron chi connectivity index (χ3n) is 5.41. The maximum absolute atomic E-state index is 5.79. The van der Waals surface area contributed by atoms with Gasteiger partial charge in [0.2, 0.25) is 0 Å². The summed E-state index contributed by atoms with van der Waals surface area (Å²) in [6.45, 7) is 10.9. The molecular weight excluding hydrogens is 396 g/mol. The molecule has 0 saturated heterocycles. The van der Waals surface area contributed by atoms with Gasteiger partial charge in [0.05, 0.1) is 17.3 Å². The SMILES string of the molecule is Cc1cccnc1-c1ccc2c(Nc3ccc(C(C)C)cc3)nc(COC(C)C)nc2c1. The number of fused-ring (bicyclic) bond motifs is 1.